The third kappa shape index (κ3) is 4.65. The normalized spacial score (nSPS) is 16.8. The van der Waals surface area contributed by atoms with Crippen LogP contribution in [0.5, 0.6) is 0 Å². The highest BCUT2D eigenvalue weighted by Crippen LogP contribution is 2.25. The van der Waals surface area contributed by atoms with E-state index in [0.717, 1.165) is 24.2 Å². The zero-order valence-electron chi connectivity index (χ0n) is 17.1. The average Bonchev–Trinajstić information content (AvgIpc) is 3.14. The Morgan fingerprint density at radius 2 is 1.93 bits per heavy atom. The molecular weight excluding hydrogens is 364 g/mol. The van der Waals surface area contributed by atoms with Crippen molar-refractivity contribution in [3.8, 4) is 11.3 Å². The standard InChI is InChI=1S/C23H26N4O2/c1-23(2,3)29-22(28)25-19-11-13-27(15-19)21-24-12-10-20(26-21)18-9-8-16-6-4-5-7-17(16)14-18/h4-10,12,14,19H,11,13,15H2,1-3H3,(H,25,28). The molecule has 1 N–H and O–H groups in total. The minimum atomic E-state index is -0.500. The van der Waals surface area contributed by atoms with Crippen LogP contribution >= 0.6 is 0 Å². The summed E-state index contributed by atoms with van der Waals surface area (Å²) < 4.78 is 5.35. The lowest BCUT2D eigenvalue weighted by Gasteiger charge is -2.22. The lowest BCUT2D eigenvalue weighted by Crippen LogP contribution is -2.40. The molecular formula is C23H26N4O2. The fourth-order valence-corrected chi connectivity index (χ4v) is 3.54. The smallest absolute Gasteiger partial charge is 0.407 e. The second-order valence-electron chi connectivity index (χ2n) is 8.38. The molecule has 0 bridgehead atoms. The van der Waals surface area contributed by atoms with Crippen LogP contribution in [0.15, 0.2) is 54.7 Å². The third-order valence-corrected chi connectivity index (χ3v) is 4.88. The number of rotatable bonds is 3. The molecule has 2 aromatic carbocycles. The Labute approximate surface area is 170 Å². The third-order valence-electron chi connectivity index (χ3n) is 4.88. The van der Waals surface area contributed by atoms with Crippen molar-refractivity contribution < 1.29 is 9.53 Å². The first kappa shape index (κ1) is 19.2. The van der Waals surface area contributed by atoms with Crippen molar-refractivity contribution in [2.45, 2.75) is 38.8 Å². The summed E-state index contributed by atoms with van der Waals surface area (Å²) in [6.07, 6.45) is 2.25. The van der Waals surface area contributed by atoms with Gasteiger partial charge in [0.1, 0.15) is 5.60 Å². The van der Waals surface area contributed by atoms with Crippen molar-refractivity contribution in [3.05, 3.63) is 54.7 Å². The molecule has 1 atom stereocenters. The number of fused-ring (bicyclic) bond motifs is 1. The summed E-state index contributed by atoms with van der Waals surface area (Å²) in [7, 11) is 0. The monoisotopic (exact) mass is 390 g/mol. The zero-order valence-corrected chi connectivity index (χ0v) is 17.1. The van der Waals surface area contributed by atoms with Crippen molar-refractivity contribution in [1.29, 1.82) is 0 Å². The first-order valence-corrected chi connectivity index (χ1v) is 9.94. The molecule has 1 saturated heterocycles. The average molecular weight is 390 g/mol. The van der Waals surface area contributed by atoms with Crippen LogP contribution in [-0.4, -0.2) is 40.8 Å². The molecule has 1 aliphatic heterocycles. The number of aromatic nitrogens is 2. The Morgan fingerprint density at radius 3 is 2.72 bits per heavy atom. The summed E-state index contributed by atoms with van der Waals surface area (Å²) in [6.45, 7) is 7.04. The van der Waals surface area contributed by atoms with Crippen LogP contribution < -0.4 is 10.2 Å². The summed E-state index contributed by atoms with van der Waals surface area (Å²) in [5, 5.41) is 5.34. The predicted molar refractivity (Wildman–Crippen MR) is 115 cm³/mol. The van der Waals surface area contributed by atoms with Gasteiger partial charge in [0, 0.05) is 24.8 Å². The maximum absolute atomic E-state index is 12.0. The molecule has 0 aliphatic carbocycles. The molecule has 4 rings (SSSR count). The van der Waals surface area contributed by atoms with Crippen LogP contribution in [-0.2, 0) is 4.74 Å². The van der Waals surface area contributed by atoms with Crippen molar-refractivity contribution >= 4 is 22.8 Å². The van der Waals surface area contributed by atoms with E-state index in [2.05, 4.69) is 45.5 Å². The molecule has 2 heterocycles. The maximum Gasteiger partial charge on any atom is 0.407 e. The lowest BCUT2D eigenvalue weighted by molar-refractivity contribution is 0.0509. The van der Waals surface area contributed by atoms with Gasteiger partial charge in [0.25, 0.3) is 0 Å². The molecule has 29 heavy (non-hydrogen) atoms. The number of amides is 1. The minimum absolute atomic E-state index is 0.0257. The summed E-state index contributed by atoms with van der Waals surface area (Å²) in [6, 6.07) is 16.6. The fourth-order valence-electron chi connectivity index (χ4n) is 3.54. The molecule has 1 fully saturated rings. The number of carbonyl (C=O) groups is 1. The van der Waals surface area contributed by atoms with Gasteiger partial charge in [-0.05, 0) is 50.1 Å². The molecule has 1 unspecified atom stereocenters. The van der Waals surface area contributed by atoms with E-state index in [1.807, 2.05) is 39.0 Å². The van der Waals surface area contributed by atoms with Crippen molar-refractivity contribution in [1.82, 2.24) is 15.3 Å². The highest BCUT2D eigenvalue weighted by atomic mass is 16.6. The van der Waals surface area contributed by atoms with Crippen LogP contribution in [0, 0.1) is 0 Å². The van der Waals surface area contributed by atoms with Gasteiger partial charge in [-0.25, -0.2) is 14.8 Å². The van der Waals surface area contributed by atoms with E-state index in [0.29, 0.717) is 12.5 Å². The van der Waals surface area contributed by atoms with Gasteiger partial charge in [-0.3, -0.25) is 0 Å². The van der Waals surface area contributed by atoms with E-state index in [-0.39, 0.29) is 12.1 Å². The summed E-state index contributed by atoms with van der Waals surface area (Å²) >= 11 is 0. The van der Waals surface area contributed by atoms with Gasteiger partial charge in [0.2, 0.25) is 5.95 Å². The van der Waals surface area contributed by atoms with Crippen molar-refractivity contribution in [2.75, 3.05) is 18.0 Å². The van der Waals surface area contributed by atoms with Gasteiger partial charge >= 0.3 is 6.09 Å². The van der Waals surface area contributed by atoms with Gasteiger partial charge < -0.3 is 15.0 Å². The number of ether oxygens (including phenoxy) is 1. The number of hydrogen-bond acceptors (Lipinski definition) is 5. The number of alkyl carbamates (subject to hydrolysis) is 1. The van der Waals surface area contributed by atoms with E-state index < -0.39 is 5.60 Å². The van der Waals surface area contributed by atoms with E-state index in [1.165, 1.54) is 10.8 Å². The van der Waals surface area contributed by atoms with Gasteiger partial charge in [0.15, 0.2) is 0 Å². The topological polar surface area (TPSA) is 67.3 Å². The molecule has 6 heteroatoms. The van der Waals surface area contributed by atoms with Crippen molar-refractivity contribution in [2.24, 2.45) is 0 Å². The molecule has 0 spiro atoms. The Kier molecular flexibility index (Phi) is 5.09. The fraction of sp³-hybridized carbons (Fsp3) is 0.348. The minimum Gasteiger partial charge on any atom is -0.444 e. The van der Waals surface area contributed by atoms with Crippen LogP contribution in [0.25, 0.3) is 22.0 Å². The Hall–Kier alpha value is -3.15. The van der Waals surface area contributed by atoms with Crippen molar-refractivity contribution in [3.63, 3.8) is 0 Å². The van der Waals surface area contributed by atoms with Gasteiger partial charge in [-0.1, -0.05) is 36.4 Å². The van der Waals surface area contributed by atoms with Crippen LogP contribution in [0.1, 0.15) is 27.2 Å². The SMILES string of the molecule is CC(C)(C)OC(=O)NC1CCN(c2nccc(-c3ccc4ccccc4c3)n2)C1. The summed E-state index contributed by atoms with van der Waals surface area (Å²) in [4.78, 5) is 23.4. The number of benzene rings is 2. The van der Waals surface area contributed by atoms with E-state index in [1.54, 1.807) is 6.20 Å². The number of nitrogens with zero attached hydrogens (tertiary/aromatic N) is 3. The molecule has 0 radical (unpaired) electrons. The summed E-state index contributed by atoms with van der Waals surface area (Å²) in [5.41, 5.74) is 1.46. The second-order valence-corrected chi connectivity index (χ2v) is 8.38. The highest BCUT2D eigenvalue weighted by Gasteiger charge is 2.27. The number of carbonyl (C=O) groups excluding carboxylic acids is 1. The van der Waals surface area contributed by atoms with E-state index >= 15 is 0 Å². The number of anilines is 1. The largest absolute Gasteiger partial charge is 0.444 e. The summed E-state index contributed by atoms with van der Waals surface area (Å²) in [5.74, 6) is 0.684. The number of nitrogens with one attached hydrogen (secondary N) is 1. The highest BCUT2D eigenvalue weighted by molar-refractivity contribution is 5.86. The van der Waals surface area contributed by atoms with Crippen LogP contribution in [0.4, 0.5) is 10.7 Å². The molecule has 1 amide bonds. The lowest BCUT2D eigenvalue weighted by atomic mass is 10.1. The maximum atomic E-state index is 12.0. The predicted octanol–water partition coefficient (Wildman–Crippen LogP) is 4.40. The molecule has 1 aliphatic rings. The van der Waals surface area contributed by atoms with E-state index in [4.69, 9.17) is 9.72 Å². The molecule has 6 nitrogen and oxygen atoms in total. The second kappa shape index (κ2) is 7.70. The Balaban J connectivity index is 1.47. The van der Waals surface area contributed by atoms with Gasteiger partial charge in [-0.15, -0.1) is 0 Å². The molecule has 0 saturated carbocycles. The quantitative estimate of drug-likeness (QED) is 0.718. The number of hydrogen-bond donors (Lipinski definition) is 1. The van der Waals surface area contributed by atoms with Gasteiger partial charge in [0.05, 0.1) is 11.7 Å². The molecule has 3 aromatic rings. The first-order valence-electron chi connectivity index (χ1n) is 9.94. The zero-order chi connectivity index (χ0) is 20.4. The van der Waals surface area contributed by atoms with Gasteiger partial charge in [-0.2, -0.15) is 0 Å². The van der Waals surface area contributed by atoms with Crippen LogP contribution in [0.2, 0.25) is 0 Å². The van der Waals surface area contributed by atoms with E-state index in [9.17, 15) is 4.79 Å². The Morgan fingerprint density at radius 1 is 1.14 bits per heavy atom. The molecule has 150 valence electrons. The van der Waals surface area contributed by atoms with Crippen LogP contribution in [0.3, 0.4) is 0 Å². The Bertz CT molecular complexity index is 1030. The molecule has 1 aromatic heterocycles. The first-order chi connectivity index (χ1) is 13.9.